The van der Waals surface area contributed by atoms with Gasteiger partial charge in [-0.1, -0.05) is 11.6 Å². The molecule has 0 bridgehead atoms. The van der Waals surface area contributed by atoms with Gasteiger partial charge >= 0.3 is 0 Å². The maximum Gasteiger partial charge on any atom is 0.251 e. The fourth-order valence-corrected chi connectivity index (χ4v) is 3.38. The van der Waals surface area contributed by atoms with Crippen LogP contribution in [0.1, 0.15) is 36.0 Å². The minimum Gasteiger partial charge on any atom is -0.381 e. The van der Waals surface area contributed by atoms with E-state index in [1.165, 1.54) is 24.6 Å². The molecule has 6 heteroatoms. The molecule has 126 valence electrons. The van der Waals surface area contributed by atoms with Crippen LogP contribution in [0.4, 0.5) is 4.39 Å². The summed E-state index contributed by atoms with van der Waals surface area (Å²) in [5, 5.41) is 6.68. The van der Waals surface area contributed by atoms with Crippen molar-refractivity contribution in [1.82, 2.24) is 10.6 Å². The van der Waals surface area contributed by atoms with Crippen molar-refractivity contribution in [2.24, 2.45) is 5.92 Å². The molecule has 1 aromatic carbocycles. The van der Waals surface area contributed by atoms with Crippen molar-refractivity contribution < 1.29 is 13.9 Å². The molecule has 2 aliphatic rings. The van der Waals surface area contributed by atoms with E-state index in [1.54, 1.807) is 0 Å². The number of hydrogen-bond acceptors (Lipinski definition) is 3. The van der Waals surface area contributed by atoms with Gasteiger partial charge in [0.2, 0.25) is 0 Å². The van der Waals surface area contributed by atoms with Crippen LogP contribution in [0.15, 0.2) is 18.2 Å². The van der Waals surface area contributed by atoms with Crippen molar-refractivity contribution in [3.05, 3.63) is 34.6 Å². The first-order chi connectivity index (χ1) is 11.1. The number of amides is 1. The molecule has 1 saturated carbocycles. The van der Waals surface area contributed by atoms with Crippen molar-refractivity contribution in [1.29, 1.82) is 0 Å². The molecule has 1 amide bonds. The highest BCUT2D eigenvalue weighted by atomic mass is 35.5. The van der Waals surface area contributed by atoms with E-state index in [2.05, 4.69) is 10.6 Å². The van der Waals surface area contributed by atoms with Crippen molar-refractivity contribution in [3.63, 3.8) is 0 Å². The van der Waals surface area contributed by atoms with Gasteiger partial charge in [-0.2, -0.15) is 0 Å². The molecular formula is C17H22ClFN2O2. The van der Waals surface area contributed by atoms with E-state index in [0.29, 0.717) is 12.0 Å². The number of ether oxygens (including phenoxy) is 1. The molecule has 1 heterocycles. The Morgan fingerprint density at radius 1 is 1.30 bits per heavy atom. The zero-order valence-electron chi connectivity index (χ0n) is 13.0. The summed E-state index contributed by atoms with van der Waals surface area (Å²) in [6.07, 6.45) is 4.14. The molecule has 1 aliphatic heterocycles. The van der Waals surface area contributed by atoms with Gasteiger partial charge < -0.3 is 15.4 Å². The minimum atomic E-state index is -0.494. The average molecular weight is 341 g/mol. The summed E-state index contributed by atoms with van der Waals surface area (Å²) in [7, 11) is 0. The standard InChI is InChI=1S/C17H22ClFN2O2/c18-13-5-12(6-14(19)7-13)17(22)21-16-8-15(9-16)20-3-1-11-2-4-23-10-11/h5-7,11,15-16,20H,1-4,8-10H2,(H,21,22)/t11-,15?,16?/m0/s1. The van der Waals surface area contributed by atoms with E-state index in [-0.39, 0.29) is 22.5 Å². The third-order valence-electron chi connectivity index (χ3n) is 4.61. The van der Waals surface area contributed by atoms with Gasteiger partial charge in [-0.25, -0.2) is 4.39 Å². The molecule has 2 N–H and O–H groups in total. The van der Waals surface area contributed by atoms with E-state index in [9.17, 15) is 9.18 Å². The van der Waals surface area contributed by atoms with E-state index >= 15 is 0 Å². The summed E-state index contributed by atoms with van der Waals surface area (Å²) < 4.78 is 18.6. The Kier molecular flexibility index (Phi) is 5.51. The Bertz CT molecular complexity index is 537. The zero-order chi connectivity index (χ0) is 16.2. The van der Waals surface area contributed by atoms with Crippen LogP contribution in [0.3, 0.4) is 0 Å². The monoisotopic (exact) mass is 340 g/mol. The topological polar surface area (TPSA) is 50.4 Å². The van der Waals surface area contributed by atoms with Crippen LogP contribution < -0.4 is 10.6 Å². The van der Waals surface area contributed by atoms with Gasteiger partial charge in [-0.05, 0) is 56.3 Å². The van der Waals surface area contributed by atoms with Crippen LogP contribution in [0.2, 0.25) is 5.02 Å². The Morgan fingerprint density at radius 3 is 2.83 bits per heavy atom. The second-order valence-corrected chi connectivity index (χ2v) is 6.91. The first-order valence-corrected chi connectivity index (χ1v) is 8.56. The largest absolute Gasteiger partial charge is 0.381 e. The second kappa shape index (κ2) is 7.60. The number of carbonyl (C=O) groups excluding carboxylic acids is 1. The van der Waals surface area contributed by atoms with Gasteiger partial charge in [-0.15, -0.1) is 0 Å². The van der Waals surface area contributed by atoms with Crippen LogP contribution in [-0.2, 0) is 4.74 Å². The lowest BCUT2D eigenvalue weighted by atomic mass is 9.86. The lowest BCUT2D eigenvalue weighted by Crippen LogP contribution is -2.52. The average Bonchev–Trinajstić information content (AvgIpc) is 2.96. The molecule has 23 heavy (non-hydrogen) atoms. The van der Waals surface area contributed by atoms with Crippen LogP contribution in [0.5, 0.6) is 0 Å². The molecular weight excluding hydrogens is 319 g/mol. The Labute approximate surface area is 140 Å². The molecule has 2 fully saturated rings. The third kappa shape index (κ3) is 4.66. The summed E-state index contributed by atoms with van der Waals surface area (Å²) in [6, 6.07) is 4.49. The minimum absolute atomic E-state index is 0.150. The van der Waals surface area contributed by atoms with Gasteiger partial charge in [0.25, 0.3) is 5.91 Å². The molecule has 0 aromatic heterocycles. The van der Waals surface area contributed by atoms with E-state index in [1.807, 2.05) is 0 Å². The molecule has 3 rings (SSSR count). The Morgan fingerprint density at radius 2 is 2.13 bits per heavy atom. The van der Waals surface area contributed by atoms with Crippen LogP contribution in [0.25, 0.3) is 0 Å². The lowest BCUT2D eigenvalue weighted by molar-refractivity contribution is 0.0901. The smallest absolute Gasteiger partial charge is 0.251 e. The molecule has 1 saturated heterocycles. The zero-order valence-corrected chi connectivity index (χ0v) is 13.7. The highest BCUT2D eigenvalue weighted by Crippen LogP contribution is 2.22. The summed E-state index contributed by atoms with van der Waals surface area (Å²) in [5.41, 5.74) is 0.271. The quantitative estimate of drug-likeness (QED) is 0.837. The molecule has 0 spiro atoms. The summed E-state index contributed by atoms with van der Waals surface area (Å²) in [4.78, 5) is 12.1. The van der Waals surface area contributed by atoms with Gasteiger partial charge in [0, 0.05) is 35.9 Å². The Balaban J connectivity index is 1.35. The molecule has 4 nitrogen and oxygen atoms in total. The van der Waals surface area contributed by atoms with Crippen molar-refractivity contribution in [3.8, 4) is 0 Å². The van der Waals surface area contributed by atoms with Gasteiger partial charge in [0.05, 0.1) is 0 Å². The predicted octanol–water partition coefficient (Wildman–Crippen LogP) is 2.76. The first-order valence-electron chi connectivity index (χ1n) is 8.18. The second-order valence-electron chi connectivity index (χ2n) is 6.47. The van der Waals surface area contributed by atoms with Crippen molar-refractivity contribution in [2.45, 2.75) is 37.8 Å². The summed E-state index contributed by atoms with van der Waals surface area (Å²) in [5.74, 6) is -0.0690. The molecule has 0 radical (unpaired) electrons. The lowest BCUT2D eigenvalue weighted by Gasteiger charge is -2.36. The SMILES string of the molecule is O=C(NC1CC(NCC[C@H]2CCOC2)C1)c1cc(F)cc(Cl)c1. The van der Waals surface area contributed by atoms with Crippen molar-refractivity contribution >= 4 is 17.5 Å². The van der Waals surface area contributed by atoms with Crippen LogP contribution in [-0.4, -0.2) is 37.7 Å². The number of halogens is 2. The van der Waals surface area contributed by atoms with E-state index in [4.69, 9.17) is 16.3 Å². The maximum atomic E-state index is 13.3. The number of benzene rings is 1. The third-order valence-corrected chi connectivity index (χ3v) is 4.83. The highest BCUT2D eigenvalue weighted by Gasteiger charge is 2.30. The molecule has 0 unspecified atom stereocenters. The van der Waals surface area contributed by atoms with Crippen LogP contribution >= 0.6 is 11.6 Å². The summed E-state index contributed by atoms with van der Waals surface area (Å²) in [6.45, 7) is 2.78. The number of rotatable bonds is 6. The number of nitrogens with one attached hydrogen (secondary N) is 2. The van der Waals surface area contributed by atoms with E-state index < -0.39 is 5.82 Å². The highest BCUT2D eigenvalue weighted by molar-refractivity contribution is 6.31. The van der Waals surface area contributed by atoms with Crippen molar-refractivity contribution in [2.75, 3.05) is 19.8 Å². The van der Waals surface area contributed by atoms with Gasteiger partial charge in [0.1, 0.15) is 5.82 Å². The molecule has 1 aromatic rings. The number of carbonyl (C=O) groups is 1. The molecule has 1 aliphatic carbocycles. The Hall–Kier alpha value is -1.17. The summed E-state index contributed by atoms with van der Waals surface area (Å²) >= 11 is 5.77. The fraction of sp³-hybridized carbons (Fsp3) is 0.588. The predicted molar refractivity (Wildman–Crippen MR) is 87.2 cm³/mol. The normalized spacial score (nSPS) is 26.8. The number of hydrogen-bond donors (Lipinski definition) is 2. The fourth-order valence-electron chi connectivity index (χ4n) is 3.16. The molecule has 1 atom stereocenters. The first kappa shape index (κ1) is 16.7. The maximum absolute atomic E-state index is 13.3. The van der Waals surface area contributed by atoms with Gasteiger partial charge in [-0.3, -0.25) is 4.79 Å². The van der Waals surface area contributed by atoms with Gasteiger partial charge in [0.15, 0.2) is 0 Å². The van der Waals surface area contributed by atoms with Crippen LogP contribution in [0, 0.1) is 11.7 Å². The van der Waals surface area contributed by atoms with E-state index in [0.717, 1.165) is 39.0 Å².